The molecule has 1 aromatic rings. The van der Waals surface area contributed by atoms with E-state index >= 15 is 0 Å². The van der Waals surface area contributed by atoms with E-state index in [9.17, 15) is 39.0 Å². The van der Waals surface area contributed by atoms with Crippen LogP contribution in [0.5, 0.6) is 17.2 Å². The molecule has 0 unspecified atom stereocenters. The van der Waals surface area contributed by atoms with E-state index in [1.807, 2.05) is 0 Å². The number of ether oxygens (including phenoxy) is 6. The van der Waals surface area contributed by atoms with E-state index in [1.54, 1.807) is 0 Å². The first-order valence-electron chi connectivity index (χ1n) is 11.1. The predicted octanol–water partition coefficient (Wildman–Crippen LogP) is 0.495. The van der Waals surface area contributed by atoms with Crippen LogP contribution >= 0.6 is 0 Å². The molecule has 1 saturated heterocycles. The third kappa shape index (κ3) is 6.08. The molecule has 1 aliphatic heterocycles. The van der Waals surface area contributed by atoms with Gasteiger partial charge in [-0.15, -0.1) is 0 Å². The Balaban J connectivity index is 2.09. The van der Waals surface area contributed by atoms with Crippen molar-refractivity contribution in [2.45, 2.75) is 58.4 Å². The number of carbonyl (C=O) groups is 6. The summed E-state index contributed by atoms with van der Waals surface area (Å²) in [5.41, 5.74) is -0.998. The highest BCUT2D eigenvalue weighted by Gasteiger charge is 2.53. The molecule has 204 valence electrons. The predicted molar refractivity (Wildman–Crippen MR) is 120 cm³/mol. The molecule has 3 rings (SSSR count). The van der Waals surface area contributed by atoms with Crippen molar-refractivity contribution in [2.75, 3.05) is 6.61 Å². The number of hydrogen-bond acceptors (Lipinski definition) is 14. The number of hydrogen-bond donors (Lipinski definition) is 2. The summed E-state index contributed by atoms with van der Waals surface area (Å²) >= 11 is 0. The Hall–Kier alpha value is -4.46. The second-order valence-corrected chi connectivity index (χ2v) is 8.24. The van der Waals surface area contributed by atoms with Gasteiger partial charge in [0.15, 0.2) is 35.3 Å². The van der Waals surface area contributed by atoms with Crippen molar-refractivity contribution in [2.24, 2.45) is 0 Å². The summed E-state index contributed by atoms with van der Waals surface area (Å²) in [4.78, 5) is 71.6. The van der Waals surface area contributed by atoms with E-state index in [1.165, 1.54) is 0 Å². The Morgan fingerprint density at radius 1 is 0.789 bits per heavy atom. The molecular weight excluding hydrogens is 512 g/mol. The second kappa shape index (κ2) is 11.3. The molecule has 0 radical (unpaired) electrons. The molecule has 1 aliphatic carbocycles. The monoisotopic (exact) mass is 536 g/mol. The van der Waals surface area contributed by atoms with Crippen LogP contribution in [0.25, 0.3) is 0 Å². The first-order chi connectivity index (χ1) is 17.8. The second-order valence-electron chi connectivity index (χ2n) is 8.24. The van der Waals surface area contributed by atoms with Gasteiger partial charge in [0.25, 0.3) is 0 Å². The maximum absolute atomic E-state index is 12.4. The van der Waals surface area contributed by atoms with Crippen molar-refractivity contribution in [3.05, 3.63) is 29.3 Å². The molecule has 5 atom stereocenters. The van der Waals surface area contributed by atoms with Crippen molar-refractivity contribution in [3.63, 3.8) is 0 Å². The molecule has 2 N–H and O–H groups in total. The fraction of sp³-hybridized carbons (Fsp3) is 0.417. The largest absolute Gasteiger partial charge is 0.507 e. The topological polar surface area (TPSA) is 198 Å². The van der Waals surface area contributed by atoms with Crippen LogP contribution in [0.15, 0.2) is 18.2 Å². The summed E-state index contributed by atoms with van der Waals surface area (Å²) in [5.74, 6) is -7.00. The number of ketones is 2. The quantitative estimate of drug-likeness (QED) is 0.277. The summed E-state index contributed by atoms with van der Waals surface area (Å²) in [6, 6.07) is 0.826. The van der Waals surface area contributed by atoms with Crippen LogP contribution in [0.4, 0.5) is 0 Å². The number of rotatable bonds is 7. The SMILES string of the molecule is CC(=O)OC[C@H]1O[C@@H](Oc2cc(O)c3c(c2O)C(=O)C=CC3=O)[C@H](OC(C)=O)[C@@H](OC(C)=O)[C@@H]1OC(C)=O. The number of phenols is 2. The van der Waals surface area contributed by atoms with E-state index in [0.717, 1.165) is 45.9 Å². The van der Waals surface area contributed by atoms with Gasteiger partial charge in [-0.25, -0.2) is 0 Å². The van der Waals surface area contributed by atoms with Crippen LogP contribution in [0, 0.1) is 0 Å². The molecular formula is C24H24O14. The molecule has 0 bridgehead atoms. The third-order valence-electron chi connectivity index (χ3n) is 5.31. The van der Waals surface area contributed by atoms with E-state index in [0.29, 0.717) is 0 Å². The van der Waals surface area contributed by atoms with Crippen LogP contribution in [-0.2, 0) is 42.9 Å². The Morgan fingerprint density at radius 3 is 1.87 bits per heavy atom. The summed E-state index contributed by atoms with van der Waals surface area (Å²) < 4.78 is 32.2. The van der Waals surface area contributed by atoms with Gasteiger partial charge in [-0.05, 0) is 12.2 Å². The van der Waals surface area contributed by atoms with Crippen LogP contribution in [0.2, 0.25) is 0 Å². The van der Waals surface area contributed by atoms with Crippen LogP contribution in [0.3, 0.4) is 0 Å². The Kier molecular flexibility index (Phi) is 8.36. The van der Waals surface area contributed by atoms with Gasteiger partial charge >= 0.3 is 23.9 Å². The number of phenolic OH excluding ortho intramolecular Hbond substituents is 2. The Bertz CT molecular complexity index is 1210. The molecule has 38 heavy (non-hydrogen) atoms. The molecule has 1 aromatic carbocycles. The number of fused-ring (bicyclic) bond motifs is 1. The Labute approximate surface area is 215 Å². The number of aromatic hydroxyl groups is 2. The zero-order valence-corrected chi connectivity index (χ0v) is 20.6. The van der Waals surface area contributed by atoms with Gasteiger partial charge in [0, 0.05) is 33.8 Å². The van der Waals surface area contributed by atoms with Gasteiger partial charge in [0.1, 0.15) is 18.5 Å². The van der Waals surface area contributed by atoms with Gasteiger partial charge < -0.3 is 38.6 Å². The standard InChI is InChI=1S/C24H24O14/c1-9(25)33-8-17-21(34-10(2)26)22(35-11(3)27)23(36-12(4)28)24(38-17)37-16-7-15(31)18-13(29)5-6-14(30)19(18)20(16)32/h5-7,17,21-24,31-32H,8H2,1-4H3/t17-,21-,22+,23-,24-/m1/s1. The van der Waals surface area contributed by atoms with Gasteiger partial charge in [0.05, 0.1) is 11.1 Å². The van der Waals surface area contributed by atoms with Crippen molar-refractivity contribution < 1.29 is 67.4 Å². The lowest BCUT2D eigenvalue weighted by Crippen LogP contribution is -2.63. The molecule has 0 aromatic heterocycles. The Morgan fingerprint density at radius 2 is 1.32 bits per heavy atom. The molecule has 14 heteroatoms. The summed E-state index contributed by atoms with van der Waals surface area (Å²) in [7, 11) is 0. The zero-order chi connectivity index (χ0) is 28.3. The van der Waals surface area contributed by atoms with E-state index in [4.69, 9.17) is 28.4 Å². The van der Waals surface area contributed by atoms with Gasteiger partial charge in [-0.3, -0.25) is 28.8 Å². The smallest absolute Gasteiger partial charge is 0.303 e. The van der Waals surface area contributed by atoms with Crippen molar-refractivity contribution in [1.82, 2.24) is 0 Å². The minimum atomic E-state index is -1.75. The number of carbonyl (C=O) groups excluding carboxylic acids is 6. The molecule has 0 amide bonds. The number of allylic oxidation sites excluding steroid dienone is 2. The number of benzene rings is 1. The van der Waals surface area contributed by atoms with Gasteiger partial charge in [-0.2, -0.15) is 0 Å². The lowest BCUT2D eigenvalue weighted by atomic mass is 9.92. The average molecular weight is 536 g/mol. The zero-order valence-electron chi connectivity index (χ0n) is 20.6. The minimum absolute atomic E-state index is 0.455. The lowest BCUT2D eigenvalue weighted by molar-refractivity contribution is -0.288. The maximum atomic E-state index is 12.4. The highest BCUT2D eigenvalue weighted by molar-refractivity contribution is 6.24. The fourth-order valence-electron chi connectivity index (χ4n) is 3.94. The lowest BCUT2D eigenvalue weighted by Gasteiger charge is -2.44. The molecule has 2 aliphatic rings. The van der Waals surface area contributed by atoms with E-state index in [-0.39, 0.29) is 0 Å². The molecule has 14 nitrogen and oxygen atoms in total. The summed E-state index contributed by atoms with van der Waals surface area (Å²) in [6.45, 7) is 3.68. The van der Waals surface area contributed by atoms with Crippen LogP contribution in [-0.4, -0.2) is 83.0 Å². The van der Waals surface area contributed by atoms with Gasteiger partial charge in [0.2, 0.25) is 12.4 Å². The average Bonchev–Trinajstić information content (AvgIpc) is 2.80. The van der Waals surface area contributed by atoms with Crippen LogP contribution < -0.4 is 4.74 Å². The van der Waals surface area contributed by atoms with E-state index < -0.39 is 101 Å². The normalized spacial score (nSPS) is 24.2. The van der Waals surface area contributed by atoms with Gasteiger partial charge in [-0.1, -0.05) is 0 Å². The van der Waals surface area contributed by atoms with Crippen LogP contribution in [0.1, 0.15) is 48.4 Å². The number of esters is 4. The molecule has 1 heterocycles. The first-order valence-corrected chi connectivity index (χ1v) is 11.1. The summed E-state index contributed by atoms with van der Waals surface area (Å²) in [5, 5.41) is 21.1. The molecule has 0 saturated carbocycles. The minimum Gasteiger partial charge on any atom is -0.507 e. The van der Waals surface area contributed by atoms with Crippen molar-refractivity contribution >= 4 is 35.4 Å². The highest BCUT2D eigenvalue weighted by Crippen LogP contribution is 2.42. The third-order valence-corrected chi connectivity index (χ3v) is 5.31. The van der Waals surface area contributed by atoms with E-state index in [2.05, 4.69) is 0 Å². The first kappa shape index (κ1) is 28.1. The van der Waals surface area contributed by atoms with Crippen molar-refractivity contribution in [1.29, 1.82) is 0 Å². The molecule has 1 fully saturated rings. The highest BCUT2D eigenvalue weighted by atomic mass is 16.7. The van der Waals surface area contributed by atoms with Crippen molar-refractivity contribution in [3.8, 4) is 17.2 Å². The fourth-order valence-corrected chi connectivity index (χ4v) is 3.94. The molecule has 0 spiro atoms. The summed E-state index contributed by atoms with van der Waals surface area (Å²) in [6.07, 6.45) is -5.92. The maximum Gasteiger partial charge on any atom is 0.303 e.